The van der Waals surface area contributed by atoms with E-state index in [4.69, 9.17) is 21.6 Å². The Labute approximate surface area is 112 Å². The van der Waals surface area contributed by atoms with Crippen molar-refractivity contribution in [2.75, 3.05) is 24.6 Å². The van der Waals surface area contributed by atoms with Crippen LogP contribution in [0.1, 0.15) is 5.56 Å². The van der Waals surface area contributed by atoms with Crippen molar-refractivity contribution in [3.8, 4) is 6.07 Å². The quantitative estimate of drug-likeness (QED) is 0.797. The summed E-state index contributed by atoms with van der Waals surface area (Å²) in [7, 11) is 0. The number of morpholine rings is 1. The maximum atomic E-state index is 12.5. The summed E-state index contributed by atoms with van der Waals surface area (Å²) in [6.45, 7) is 0.960. The van der Waals surface area contributed by atoms with Crippen LogP contribution in [-0.4, -0.2) is 30.8 Å². The van der Waals surface area contributed by atoms with Gasteiger partial charge in [0.05, 0.1) is 29.8 Å². The number of nitriles is 1. The Morgan fingerprint density at radius 2 is 2.26 bits per heavy atom. The molecule has 19 heavy (non-hydrogen) atoms. The molecule has 2 heterocycles. The predicted molar refractivity (Wildman–Crippen MR) is 61.8 cm³/mol. The van der Waals surface area contributed by atoms with Crippen molar-refractivity contribution < 1.29 is 17.9 Å². The number of alkyl halides is 3. The summed E-state index contributed by atoms with van der Waals surface area (Å²) < 4.78 is 42.6. The third-order valence-electron chi connectivity index (χ3n) is 2.66. The fraction of sp³-hybridized carbons (Fsp3) is 0.455. The number of nitrogens with zero attached hydrogens (tertiary/aromatic N) is 3. The van der Waals surface area contributed by atoms with E-state index >= 15 is 0 Å². The molecule has 0 aliphatic carbocycles. The molecule has 1 aliphatic heterocycles. The molecule has 1 saturated heterocycles. The van der Waals surface area contributed by atoms with Gasteiger partial charge in [0.25, 0.3) is 0 Å². The lowest BCUT2D eigenvalue weighted by Gasteiger charge is -2.31. The molecule has 0 amide bonds. The van der Waals surface area contributed by atoms with Crippen molar-refractivity contribution in [1.29, 1.82) is 5.26 Å². The molecule has 0 radical (unpaired) electrons. The lowest BCUT2D eigenvalue weighted by Crippen LogP contribution is -2.42. The van der Waals surface area contributed by atoms with Crippen LogP contribution in [0.2, 0.25) is 5.02 Å². The Hall–Kier alpha value is -1.52. The molecule has 0 aromatic carbocycles. The molecule has 1 aromatic heterocycles. The monoisotopic (exact) mass is 291 g/mol. The van der Waals surface area contributed by atoms with E-state index in [1.165, 1.54) is 0 Å². The van der Waals surface area contributed by atoms with Crippen molar-refractivity contribution in [1.82, 2.24) is 4.98 Å². The van der Waals surface area contributed by atoms with Crippen molar-refractivity contribution in [2.24, 2.45) is 0 Å². The molecule has 0 bridgehead atoms. The molecule has 0 spiro atoms. The topological polar surface area (TPSA) is 49.2 Å². The van der Waals surface area contributed by atoms with Crippen LogP contribution in [0.15, 0.2) is 12.3 Å². The number of anilines is 1. The second kappa shape index (κ2) is 5.23. The Bertz CT molecular complexity index is 515. The van der Waals surface area contributed by atoms with Gasteiger partial charge in [0.2, 0.25) is 0 Å². The van der Waals surface area contributed by atoms with Gasteiger partial charge in [-0.1, -0.05) is 11.6 Å². The van der Waals surface area contributed by atoms with E-state index in [2.05, 4.69) is 4.98 Å². The average Bonchev–Trinajstić information content (AvgIpc) is 2.37. The largest absolute Gasteiger partial charge is 0.417 e. The number of pyridine rings is 1. The summed E-state index contributed by atoms with van der Waals surface area (Å²) in [6, 6.07) is 2.78. The third kappa shape index (κ3) is 3.08. The van der Waals surface area contributed by atoms with E-state index in [0.29, 0.717) is 13.2 Å². The van der Waals surface area contributed by atoms with Crippen LogP contribution >= 0.6 is 11.6 Å². The van der Waals surface area contributed by atoms with Gasteiger partial charge in [-0.05, 0) is 6.07 Å². The molecular weight excluding hydrogens is 283 g/mol. The Morgan fingerprint density at radius 1 is 1.53 bits per heavy atom. The average molecular weight is 292 g/mol. The van der Waals surface area contributed by atoms with Crippen LogP contribution in [0, 0.1) is 11.3 Å². The highest BCUT2D eigenvalue weighted by Crippen LogP contribution is 2.33. The van der Waals surface area contributed by atoms with Crippen LogP contribution in [-0.2, 0) is 10.9 Å². The van der Waals surface area contributed by atoms with E-state index in [9.17, 15) is 13.2 Å². The highest BCUT2D eigenvalue weighted by Gasteiger charge is 2.32. The second-order valence-electron chi connectivity index (χ2n) is 3.96. The van der Waals surface area contributed by atoms with Gasteiger partial charge in [-0.3, -0.25) is 0 Å². The summed E-state index contributed by atoms with van der Waals surface area (Å²) in [6.07, 6.45) is -4.37. The van der Waals surface area contributed by atoms with Crippen LogP contribution < -0.4 is 4.90 Å². The first-order chi connectivity index (χ1) is 8.91. The zero-order chi connectivity index (χ0) is 14.0. The number of aromatic nitrogens is 1. The molecule has 2 rings (SSSR count). The first kappa shape index (κ1) is 13.9. The minimum Gasteiger partial charge on any atom is -0.360 e. The zero-order valence-electron chi connectivity index (χ0n) is 9.62. The summed E-state index contributed by atoms with van der Waals surface area (Å²) in [5, 5.41) is 8.68. The molecule has 0 saturated carbocycles. The lowest BCUT2D eigenvalue weighted by molar-refractivity contribution is -0.137. The number of rotatable bonds is 1. The van der Waals surface area contributed by atoms with Gasteiger partial charge in [0.1, 0.15) is 5.82 Å². The van der Waals surface area contributed by atoms with Crippen molar-refractivity contribution in [3.05, 3.63) is 22.8 Å². The fourth-order valence-corrected chi connectivity index (χ4v) is 2.02. The lowest BCUT2D eigenvalue weighted by atomic mass is 10.2. The fourth-order valence-electron chi connectivity index (χ4n) is 1.74. The van der Waals surface area contributed by atoms with E-state index in [0.717, 1.165) is 12.3 Å². The molecular formula is C11H9ClF3N3O. The number of hydrogen-bond donors (Lipinski definition) is 0. The predicted octanol–water partition coefficient (Wildman–Crippen LogP) is 2.48. The zero-order valence-corrected chi connectivity index (χ0v) is 10.4. The number of ether oxygens (including phenoxy) is 1. The van der Waals surface area contributed by atoms with Crippen LogP contribution in [0.25, 0.3) is 0 Å². The van der Waals surface area contributed by atoms with Gasteiger partial charge in [-0.15, -0.1) is 0 Å². The number of halogens is 4. The summed E-state index contributed by atoms with van der Waals surface area (Å²) >= 11 is 5.83. The van der Waals surface area contributed by atoms with E-state index < -0.39 is 17.8 Å². The molecule has 1 unspecified atom stereocenters. The van der Waals surface area contributed by atoms with Crippen molar-refractivity contribution >= 4 is 17.4 Å². The van der Waals surface area contributed by atoms with Crippen molar-refractivity contribution in [2.45, 2.75) is 12.3 Å². The van der Waals surface area contributed by atoms with Gasteiger partial charge < -0.3 is 9.64 Å². The summed E-state index contributed by atoms with van der Waals surface area (Å²) in [5.74, 6) is 0.234. The molecule has 1 atom stereocenters. The van der Waals surface area contributed by atoms with E-state index in [1.807, 2.05) is 6.07 Å². The Kier molecular flexibility index (Phi) is 3.83. The standard InChI is InChI=1S/C11H9ClF3N3O/c12-9-3-7(11(13,14)15)5-17-10(9)18-1-2-19-8(4-16)6-18/h3,5,8H,1-2,6H2. The van der Waals surface area contributed by atoms with Crippen LogP contribution in [0.4, 0.5) is 19.0 Å². The summed E-state index contributed by atoms with van der Waals surface area (Å²) in [4.78, 5) is 5.38. The first-order valence-corrected chi connectivity index (χ1v) is 5.78. The highest BCUT2D eigenvalue weighted by molar-refractivity contribution is 6.33. The minimum absolute atomic E-state index is 0.0894. The molecule has 8 heteroatoms. The van der Waals surface area contributed by atoms with Gasteiger partial charge in [0, 0.05) is 12.7 Å². The summed E-state index contributed by atoms with van der Waals surface area (Å²) in [5.41, 5.74) is -0.897. The minimum atomic E-state index is -4.48. The number of hydrogen-bond acceptors (Lipinski definition) is 4. The second-order valence-corrected chi connectivity index (χ2v) is 4.37. The van der Waals surface area contributed by atoms with Gasteiger partial charge in [0.15, 0.2) is 6.10 Å². The normalized spacial score (nSPS) is 20.2. The highest BCUT2D eigenvalue weighted by atomic mass is 35.5. The Morgan fingerprint density at radius 3 is 2.84 bits per heavy atom. The van der Waals surface area contributed by atoms with Gasteiger partial charge in [-0.25, -0.2) is 4.98 Å². The van der Waals surface area contributed by atoms with Gasteiger partial charge >= 0.3 is 6.18 Å². The smallest absolute Gasteiger partial charge is 0.360 e. The van der Waals surface area contributed by atoms with Crippen LogP contribution in [0.3, 0.4) is 0 Å². The molecule has 102 valence electrons. The van der Waals surface area contributed by atoms with Crippen molar-refractivity contribution in [3.63, 3.8) is 0 Å². The van der Waals surface area contributed by atoms with Gasteiger partial charge in [-0.2, -0.15) is 18.4 Å². The Balaban J connectivity index is 2.24. The SMILES string of the molecule is N#CC1CN(c2ncc(C(F)(F)F)cc2Cl)CCO1. The molecule has 1 fully saturated rings. The van der Waals surface area contributed by atoms with E-state index in [1.54, 1.807) is 4.90 Å². The molecule has 1 aliphatic rings. The third-order valence-corrected chi connectivity index (χ3v) is 2.94. The molecule has 4 nitrogen and oxygen atoms in total. The molecule has 1 aromatic rings. The maximum Gasteiger partial charge on any atom is 0.417 e. The molecule has 0 N–H and O–H groups in total. The van der Waals surface area contributed by atoms with Crippen LogP contribution in [0.5, 0.6) is 0 Å². The first-order valence-electron chi connectivity index (χ1n) is 5.40. The maximum absolute atomic E-state index is 12.5. The van der Waals surface area contributed by atoms with E-state index in [-0.39, 0.29) is 17.4 Å².